The fourth-order valence-corrected chi connectivity index (χ4v) is 2.80. The van der Waals surface area contributed by atoms with Crippen LogP contribution in [-0.2, 0) is 0 Å². The standard InChI is InChI=1S/C21H16F3N7O2/c22-21(23,24)33-17-4-2-1-3-16(17)30-20(32)29-15-7-5-14(6-8-15)28-18-11-19(27-12-26-18)31-10-9-25-13-31/h1-13H,(H,26,27,28)(H2,29,30,32). The maximum atomic E-state index is 12.5. The van der Waals surface area contributed by atoms with Crippen LogP contribution in [0.15, 0.2) is 79.6 Å². The molecule has 12 heteroatoms. The van der Waals surface area contributed by atoms with E-state index in [1.807, 2.05) is 0 Å². The van der Waals surface area contributed by atoms with E-state index in [9.17, 15) is 18.0 Å². The van der Waals surface area contributed by atoms with E-state index < -0.39 is 18.1 Å². The van der Waals surface area contributed by atoms with Crippen LogP contribution in [0.4, 0.5) is 40.8 Å². The molecule has 9 nitrogen and oxygen atoms in total. The maximum Gasteiger partial charge on any atom is 0.573 e. The Morgan fingerprint density at radius 1 is 0.970 bits per heavy atom. The number of halogens is 3. The van der Waals surface area contributed by atoms with E-state index >= 15 is 0 Å². The molecule has 2 aromatic heterocycles. The molecule has 0 fully saturated rings. The normalized spacial score (nSPS) is 11.0. The average molecular weight is 455 g/mol. The number of para-hydroxylation sites is 2. The molecular formula is C21H16F3N7O2. The number of nitrogens with zero attached hydrogens (tertiary/aromatic N) is 4. The summed E-state index contributed by atoms with van der Waals surface area (Å²) >= 11 is 0. The fraction of sp³-hybridized carbons (Fsp3) is 0.0476. The lowest BCUT2D eigenvalue weighted by Crippen LogP contribution is -2.22. The van der Waals surface area contributed by atoms with Crippen molar-refractivity contribution in [2.75, 3.05) is 16.0 Å². The molecule has 168 valence electrons. The number of rotatable bonds is 6. The van der Waals surface area contributed by atoms with Crippen LogP contribution >= 0.6 is 0 Å². The van der Waals surface area contributed by atoms with Gasteiger partial charge >= 0.3 is 12.4 Å². The summed E-state index contributed by atoms with van der Waals surface area (Å²) in [5.74, 6) is 0.669. The first-order valence-corrected chi connectivity index (χ1v) is 9.46. The van der Waals surface area contributed by atoms with Gasteiger partial charge in [0.25, 0.3) is 0 Å². The lowest BCUT2D eigenvalue weighted by atomic mass is 10.2. The number of urea groups is 1. The van der Waals surface area contributed by atoms with E-state index in [1.54, 1.807) is 53.6 Å². The molecule has 4 aromatic rings. The molecule has 0 atom stereocenters. The van der Waals surface area contributed by atoms with Gasteiger partial charge in [0.05, 0.1) is 5.69 Å². The number of anilines is 4. The second-order valence-electron chi connectivity index (χ2n) is 6.56. The topological polar surface area (TPSA) is 106 Å². The summed E-state index contributed by atoms with van der Waals surface area (Å²) < 4.78 is 43.2. The summed E-state index contributed by atoms with van der Waals surface area (Å²) in [4.78, 5) is 24.5. The summed E-state index contributed by atoms with van der Waals surface area (Å²) in [6, 6.07) is 12.9. The van der Waals surface area contributed by atoms with Gasteiger partial charge in [0.1, 0.15) is 24.3 Å². The van der Waals surface area contributed by atoms with Gasteiger partial charge in [0, 0.05) is 29.8 Å². The maximum absolute atomic E-state index is 12.5. The summed E-state index contributed by atoms with van der Waals surface area (Å²) in [7, 11) is 0. The van der Waals surface area contributed by atoms with Gasteiger partial charge in [-0.05, 0) is 36.4 Å². The first kappa shape index (κ1) is 21.6. The lowest BCUT2D eigenvalue weighted by Gasteiger charge is -2.14. The minimum Gasteiger partial charge on any atom is -0.404 e. The first-order valence-electron chi connectivity index (χ1n) is 9.46. The highest BCUT2D eigenvalue weighted by atomic mass is 19.4. The Labute approximate surface area is 185 Å². The number of benzene rings is 2. The Hall–Kier alpha value is -4.61. The van der Waals surface area contributed by atoms with Crippen LogP contribution in [0.1, 0.15) is 0 Å². The number of hydrogen-bond donors (Lipinski definition) is 3. The molecule has 0 aliphatic carbocycles. The van der Waals surface area contributed by atoms with E-state index in [2.05, 4.69) is 35.6 Å². The van der Waals surface area contributed by atoms with Crippen molar-refractivity contribution in [2.24, 2.45) is 0 Å². The van der Waals surface area contributed by atoms with E-state index in [1.165, 1.54) is 24.5 Å². The number of amides is 2. The van der Waals surface area contributed by atoms with Gasteiger partial charge in [-0.2, -0.15) is 0 Å². The van der Waals surface area contributed by atoms with Gasteiger partial charge in [-0.15, -0.1) is 13.2 Å². The molecule has 4 rings (SSSR count). The Morgan fingerprint density at radius 2 is 1.73 bits per heavy atom. The molecule has 2 heterocycles. The van der Waals surface area contributed by atoms with Crippen molar-refractivity contribution >= 4 is 28.9 Å². The Morgan fingerprint density at radius 3 is 2.45 bits per heavy atom. The van der Waals surface area contributed by atoms with Crippen LogP contribution in [0.3, 0.4) is 0 Å². The minimum atomic E-state index is -4.87. The van der Waals surface area contributed by atoms with E-state index in [4.69, 9.17) is 0 Å². The van der Waals surface area contributed by atoms with Crippen molar-refractivity contribution in [1.29, 1.82) is 0 Å². The molecule has 0 saturated heterocycles. The van der Waals surface area contributed by atoms with Crippen molar-refractivity contribution in [3.63, 3.8) is 0 Å². The first-order chi connectivity index (χ1) is 15.9. The Bertz CT molecular complexity index is 1230. The third kappa shape index (κ3) is 5.97. The number of alkyl halides is 3. The number of ether oxygens (including phenoxy) is 1. The predicted octanol–water partition coefficient (Wildman–Crippen LogP) is 4.95. The molecule has 33 heavy (non-hydrogen) atoms. The number of carbonyl (C=O) groups is 1. The number of carbonyl (C=O) groups excluding carboxylic acids is 1. The van der Waals surface area contributed by atoms with Crippen molar-refractivity contribution in [2.45, 2.75) is 6.36 Å². The monoisotopic (exact) mass is 455 g/mol. The van der Waals surface area contributed by atoms with Gasteiger partial charge in [0.2, 0.25) is 0 Å². The average Bonchev–Trinajstić information content (AvgIpc) is 3.31. The van der Waals surface area contributed by atoms with Gasteiger partial charge in [-0.1, -0.05) is 12.1 Å². The summed E-state index contributed by atoms with van der Waals surface area (Å²) in [6.07, 6.45) is 1.55. The molecule has 0 radical (unpaired) electrons. The number of imidazole rings is 1. The highest BCUT2D eigenvalue weighted by Gasteiger charge is 2.32. The largest absolute Gasteiger partial charge is 0.573 e. The fourth-order valence-electron chi connectivity index (χ4n) is 2.80. The summed E-state index contributed by atoms with van der Waals surface area (Å²) in [5, 5.41) is 8.01. The second-order valence-corrected chi connectivity index (χ2v) is 6.56. The summed E-state index contributed by atoms with van der Waals surface area (Å²) in [6.45, 7) is 0. The number of nitrogens with one attached hydrogen (secondary N) is 3. The van der Waals surface area contributed by atoms with Crippen LogP contribution < -0.4 is 20.7 Å². The Balaban J connectivity index is 1.38. The second kappa shape index (κ2) is 9.26. The zero-order chi connectivity index (χ0) is 23.3. The van der Waals surface area contributed by atoms with Gasteiger partial charge in [-0.25, -0.2) is 19.7 Å². The van der Waals surface area contributed by atoms with E-state index in [0.717, 1.165) is 6.07 Å². The van der Waals surface area contributed by atoms with E-state index in [0.29, 0.717) is 23.0 Å². The molecule has 0 aliphatic heterocycles. The number of hydrogen-bond acceptors (Lipinski definition) is 6. The zero-order valence-corrected chi connectivity index (χ0v) is 16.7. The quantitative estimate of drug-likeness (QED) is 0.380. The molecule has 0 unspecified atom stereocenters. The molecule has 0 saturated carbocycles. The number of aromatic nitrogens is 4. The van der Waals surface area contributed by atoms with Gasteiger partial charge in [-0.3, -0.25) is 4.57 Å². The van der Waals surface area contributed by atoms with Crippen molar-refractivity contribution in [3.05, 3.63) is 79.6 Å². The minimum absolute atomic E-state index is 0.122. The molecule has 0 aliphatic rings. The van der Waals surface area contributed by atoms with E-state index in [-0.39, 0.29) is 5.69 Å². The molecule has 0 spiro atoms. The zero-order valence-electron chi connectivity index (χ0n) is 16.7. The lowest BCUT2D eigenvalue weighted by molar-refractivity contribution is -0.274. The van der Waals surface area contributed by atoms with Crippen molar-refractivity contribution < 1.29 is 22.7 Å². The smallest absolute Gasteiger partial charge is 0.404 e. The third-order valence-electron chi connectivity index (χ3n) is 4.20. The van der Waals surface area contributed by atoms with Gasteiger partial charge in [0.15, 0.2) is 5.75 Å². The Kier molecular flexibility index (Phi) is 6.06. The molecule has 0 bridgehead atoms. The molecule has 2 amide bonds. The molecule has 3 N–H and O–H groups in total. The van der Waals surface area contributed by atoms with Crippen LogP contribution in [0.2, 0.25) is 0 Å². The highest BCUT2D eigenvalue weighted by Crippen LogP contribution is 2.30. The predicted molar refractivity (Wildman–Crippen MR) is 115 cm³/mol. The SMILES string of the molecule is O=C(Nc1ccc(Nc2cc(-n3ccnc3)ncn2)cc1)Nc1ccccc1OC(F)(F)F. The van der Waals surface area contributed by atoms with Crippen molar-refractivity contribution in [1.82, 2.24) is 19.5 Å². The van der Waals surface area contributed by atoms with Crippen LogP contribution in [-0.4, -0.2) is 31.9 Å². The molecular weight excluding hydrogens is 439 g/mol. The highest BCUT2D eigenvalue weighted by molar-refractivity contribution is 6.00. The van der Waals surface area contributed by atoms with Crippen molar-refractivity contribution in [3.8, 4) is 11.6 Å². The van der Waals surface area contributed by atoms with Crippen LogP contribution in [0, 0.1) is 0 Å². The van der Waals surface area contributed by atoms with Gasteiger partial charge < -0.3 is 20.7 Å². The van der Waals surface area contributed by atoms with Crippen LogP contribution in [0.25, 0.3) is 5.82 Å². The molecule has 2 aromatic carbocycles. The third-order valence-corrected chi connectivity index (χ3v) is 4.20. The van der Waals surface area contributed by atoms with Crippen LogP contribution in [0.5, 0.6) is 5.75 Å². The summed E-state index contributed by atoms with van der Waals surface area (Å²) in [5.41, 5.74) is 0.997.